The zero-order valence-electron chi connectivity index (χ0n) is 8.07. The SMILES string of the molecule is Cn1c(-c2cnccn2)nnc1S(=O)(=O)F. The van der Waals surface area contributed by atoms with E-state index in [0.29, 0.717) is 5.69 Å². The number of rotatable bonds is 2. The topological polar surface area (TPSA) is 90.6 Å². The summed E-state index contributed by atoms with van der Waals surface area (Å²) in [6.07, 6.45) is 4.24. The van der Waals surface area contributed by atoms with Gasteiger partial charge in [0.2, 0.25) is 0 Å². The third-order valence-electron chi connectivity index (χ3n) is 1.85. The molecule has 0 atom stereocenters. The van der Waals surface area contributed by atoms with Crippen LogP contribution in [-0.4, -0.2) is 33.2 Å². The molecule has 0 aromatic carbocycles. The lowest BCUT2D eigenvalue weighted by Gasteiger charge is -1.99. The highest BCUT2D eigenvalue weighted by Crippen LogP contribution is 2.16. The quantitative estimate of drug-likeness (QED) is 0.686. The summed E-state index contributed by atoms with van der Waals surface area (Å²) in [5.41, 5.74) is 0.312. The van der Waals surface area contributed by atoms with Gasteiger partial charge in [-0.2, -0.15) is 8.42 Å². The lowest BCUT2D eigenvalue weighted by atomic mass is 10.4. The van der Waals surface area contributed by atoms with Crippen LogP contribution in [0.5, 0.6) is 0 Å². The van der Waals surface area contributed by atoms with E-state index in [9.17, 15) is 12.3 Å². The average Bonchev–Trinajstić information content (AvgIpc) is 2.61. The number of hydrogen-bond donors (Lipinski definition) is 0. The van der Waals surface area contributed by atoms with Crippen LogP contribution in [0.1, 0.15) is 0 Å². The van der Waals surface area contributed by atoms with Crippen LogP contribution in [0.15, 0.2) is 23.7 Å². The Kier molecular flexibility index (Phi) is 2.38. The van der Waals surface area contributed by atoms with Crippen LogP contribution in [-0.2, 0) is 17.3 Å². The van der Waals surface area contributed by atoms with E-state index < -0.39 is 15.4 Å². The van der Waals surface area contributed by atoms with Crippen LogP contribution in [0.2, 0.25) is 0 Å². The Bertz CT molecular complexity index is 609. The molecule has 2 rings (SSSR count). The highest BCUT2D eigenvalue weighted by Gasteiger charge is 2.22. The highest BCUT2D eigenvalue weighted by atomic mass is 32.3. The highest BCUT2D eigenvalue weighted by molar-refractivity contribution is 7.86. The van der Waals surface area contributed by atoms with Gasteiger partial charge in [0.25, 0.3) is 5.16 Å². The fourth-order valence-electron chi connectivity index (χ4n) is 1.16. The third kappa shape index (κ3) is 1.76. The first kappa shape index (κ1) is 10.6. The standard InChI is InChI=1S/C7H6FN5O2S/c1-13-6(5-4-9-2-3-10-5)11-12-7(13)16(8,14)15/h2-4H,1H3. The van der Waals surface area contributed by atoms with E-state index in [-0.39, 0.29) is 5.82 Å². The molecule has 0 aliphatic heterocycles. The summed E-state index contributed by atoms with van der Waals surface area (Å²) >= 11 is 0. The predicted octanol–water partition coefficient (Wildman–Crippen LogP) is -0.0697. The van der Waals surface area contributed by atoms with Gasteiger partial charge in [-0.3, -0.25) is 9.55 Å². The van der Waals surface area contributed by atoms with Crippen LogP contribution in [0, 0.1) is 0 Å². The van der Waals surface area contributed by atoms with E-state index in [1.54, 1.807) is 0 Å². The molecule has 2 aromatic rings. The lowest BCUT2D eigenvalue weighted by molar-refractivity contribution is 0.534. The van der Waals surface area contributed by atoms with Gasteiger partial charge in [-0.1, -0.05) is 3.89 Å². The molecule has 0 aliphatic carbocycles. The van der Waals surface area contributed by atoms with Crippen LogP contribution in [0.25, 0.3) is 11.5 Å². The van der Waals surface area contributed by atoms with Crippen molar-refractivity contribution in [2.24, 2.45) is 7.05 Å². The molecule has 0 spiro atoms. The van der Waals surface area contributed by atoms with Gasteiger partial charge < -0.3 is 0 Å². The molecule has 16 heavy (non-hydrogen) atoms. The van der Waals surface area contributed by atoms with Gasteiger partial charge in [0.1, 0.15) is 5.69 Å². The molecule has 2 heterocycles. The minimum absolute atomic E-state index is 0.129. The first-order valence-electron chi connectivity index (χ1n) is 4.10. The largest absolute Gasteiger partial charge is 0.368 e. The second-order valence-electron chi connectivity index (χ2n) is 2.89. The smallest absolute Gasteiger partial charge is 0.297 e. The zero-order valence-corrected chi connectivity index (χ0v) is 8.89. The second-order valence-corrected chi connectivity index (χ2v) is 4.13. The van der Waals surface area contributed by atoms with E-state index >= 15 is 0 Å². The fourth-order valence-corrected chi connectivity index (χ4v) is 1.72. The monoisotopic (exact) mass is 243 g/mol. The number of hydrogen-bond acceptors (Lipinski definition) is 6. The van der Waals surface area contributed by atoms with Crippen LogP contribution < -0.4 is 0 Å². The van der Waals surface area contributed by atoms with Crippen molar-refractivity contribution in [3.05, 3.63) is 18.6 Å². The Balaban J connectivity index is 2.59. The first-order chi connectivity index (χ1) is 7.50. The van der Waals surface area contributed by atoms with Gasteiger partial charge in [-0.25, -0.2) is 4.98 Å². The molecule has 0 saturated heterocycles. The third-order valence-corrected chi connectivity index (χ3v) is 2.64. The van der Waals surface area contributed by atoms with Crippen molar-refractivity contribution in [2.45, 2.75) is 5.16 Å². The van der Waals surface area contributed by atoms with Crippen molar-refractivity contribution in [3.63, 3.8) is 0 Å². The molecular weight excluding hydrogens is 237 g/mol. The van der Waals surface area contributed by atoms with Crippen molar-refractivity contribution < 1.29 is 12.3 Å². The summed E-state index contributed by atoms with van der Waals surface area (Å²) in [6.45, 7) is 0. The molecule has 0 radical (unpaired) electrons. The zero-order chi connectivity index (χ0) is 11.8. The summed E-state index contributed by atoms with van der Waals surface area (Å²) in [5, 5.41) is 6.03. The molecule has 0 fully saturated rings. The molecule has 9 heteroatoms. The van der Waals surface area contributed by atoms with Gasteiger partial charge in [-0.15, -0.1) is 10.2 Å². The van der Waals surface area contributed by atoms with E-state index in [0.717, 1.165) is 4.57 Å². The Morgan fingerprint density at radius 3 is 2.56 bits per heavy atom. The molecular formula is C7H6FN5O2S. The maximum atomic E-state index is 12.7. The van der Waals surface area contributed by atoms with E-state index in [1.807, 2.05) is 0 Å². The van der Waals surface area contributed by atoms with Crippen LogP contribution in [0.3, 0.4) is 0 Å². The Labute approximate surface area is 90.2 Å². The minimum atomic E-state index is -4.88. The summed E-state index contributed by atoms with van der Waals surface area (Å²) in [4.78, 5) is 7.69. The average molecular weight is 243 g/mol. The summed E-state index contributed by atoms with van der Waals surface area (Å²) in [5.74, 6) is 0.129. The fraction of sp³-hybridized carbons (Fsp3) is 0.143. The number of halogens is 1. The molecule has 0 saturated carbocycles. The Morgan fingerprint density at radius 2 is 2.06 bits per heavy atom. The van der Waals surface area contributed by atoms with E-state index in [2.05, 4.69) is 20.2 Å². The lowest BCUT2D eigenvalue weighted by Crippen LogP contribution is -2.04. The van der Waals surface area contributed by atoms with E-state index in [4.69, 9.17) is 0 Å². The van der Waals surface area contributed by atoms with Gasteiger partial charge >= 0.3 is 10.2 Å². The van der Waals surface area contributed by atoms with Crippen molar-refractivity contribution in [3.8, 4) is 11.5 Å². The summed E-state index contributed by atoms with van der Waals surface area (Å²) in [6, 6.07) is 0. The molecule has 0 unspecified atom stereocenters. The number of nitrogens with zero attached hydrogens (tertiary/aromatic N) is 5. The molecule has 2 aromatic heterocycles. The second kappa shape index (κ2) is 3.59. The summed E-state index contributed by atoms with van der Waals surface area (Å²) in [7, 11) is -3.55. The van der Waals surface area contributed by atoms with Crippen LogP contribution in [0.4, 0.5) is 3.89 Å². The van der Waals surface area contributed by atoms with Crippen LogP contribution >= 0.6 is 0 Å². The Morgan fingerprint density at radius 1 is 1.31 bits per heavy atom. The number of aromatic nitrogens is 5. The van der Waals surface area contributed by atoms with Gasteiger partial charge in [-0.05, 0) is 0 Å². The van der Waals surface area contributed by atoms with Gasteiger partial charge in [0.15, 0.2) is 5.82 Å². The maximum absolute atomic E-state index is 12.7. The molecule has 0 amide bonds. The van der Waals surface area contributed by atoms with Gasteiger partial charge in [0.05, 0.1) is 6.20 Å². The molecule has 7 nitrogen and oxygen atoms in total. The van der Waals surface area contributed by atoms with E-state index in [1.165, 1.54) is 25.6 Å². The molecule has 0 aliphatic rings. The van der Waals surface area contributed by atoms with Crippen molar-refractivity contribution in [2.75, 3.05) is 0 Å². The molecule has 84 valence electrons. The van der Waals surface area contributed by atoms with Crippen molar-refractivity contribution >= 4 is 10.2 Å². The summed E-state index contributed by atoms with van der Waals surface area (Å²) < 4.78 is 35.1. The van der Waals surface area contributed by atoms with Crippen molar-refractivity contribution in [1.29, 1.82) is 0 Å². The Hall–Kier alpha value is -1.90. The molecule has 0 bridgehead atoms. The van der Waals surface area contributed by atoms with Crippen molar-refractivity contribution in [1.82, 2.24) is 24.7 Å². The predicted molar refractivity (Wildman–Crippen MR) is 50.3 cm³/mol. The van der Waals surface area contributed by atoms with Gasteiger partial charge in [0, 0.05) is 19.4 Å². The normalized spacial score (nSPS) is 11.6. The first-order valence-corrected chi connectivity index (χ1v) is 5.49. The maximum Gasteiger partial charge on any atom is 0.368 e. The molecule has 0 N–H and O–H groups in total. The minimum Gasteiger partial charge on any atom is -0.297 e.